The van der Waals surface area contributed by atoms with Crippen molar-refractivity contribution in [1.82, 2.24) is 10.2 Å². The van der Waals surface area contributed by atoms with Crippen LogP contribution in [-0.2, 0) is 14.3 Å². The highest BCUT2D eigenvalue weighted by atomic mass is 16.5. The molecule has 1 amide bonds. The molecular formula is C15H28N2O3. The minimum Gasteiger partial charge on any atom is -0.378 e. The number of nitrogens with one attached hydrogen (secondary N) is 1. The normalized spacial score (nSPS) is 34.5. The fraction of sp³-hybridized carbons (Fsp3) is 0.933. The Labute approximate surface area is 122 Å². The number of carbonyl (C=O) groups is 1. The summed E-state index contributed by atoms with van der Waals surface area (Å²) < 4.78 is 11.2. The maximum atomic E-state index is 12.6. The summed E-state index contributed by atoms with van der Waals surface area (Å²) in [6.45, 7) is 8.26. The Hall–Kier alpha value is -0.650. The van der Waals surface area contributed by atoms with Gasteiger partial charge in [0.2, 0.25) is 5.91 Å². The van der Waals surface area contributed by atoms with Crippen molar-refractivity contribution in [2.75, 3.05) is 26.9 Å². The first kappa shape index (κ1) is 15.7. The van der Waals surface area contributed by atoms with E-state index in [1.54, 1.807) is 7.11 Å². The zero-order valence-corrected chi connectivity index (χ0v) is 13.1. The van der Waals surface area contributed by atoms with Gasteiger partial charge < -0.3 is 14.4 Å². The molecular weight excluding hydrogens is 256 g/mol. The standard InChI is InChI=1S/C15H28N2O3/c1-5-6-12-16-13(11(2)3)14(18)17(12)9-15(19-4)7-8-20-10-15/h11-13,16H,5-10H2,1-4H3. The molecule has 0 aliphatic carbocycles. The molecule has 3 atom stereocenters. The van der Waals surface area contributed by atoms with Crippen molar-refractivity contribution in [3.8, 4) is 0 Å². The van der Waals surface area contributed by atoms with E-state index in [1.165, 1.54) is 0 Å². The SMILES string of the molecule is CCCC1NC(C(C)C)C(=O)N1CC1(OC)CCOC1. The van der Waals surface area contributed by atoms with Gasteiger partial charge in [-0.3, -0.25) is 10.1 Å². The average molecular weight is 284 g/mol. The first-order valence-electron chi connectivity index (χ1n) is 7.72. The molecule has 2 saturated heterocycles. The van der Waals surface area contributed by atoms with Crippen LogP contribution >= 0.6 is 0 Å². The molecule has 0 radical (unpaired) electrons. The lowest BCUT2D eigenvalue weighted by Crippen LogP contribution is -2.49. The van der Waals surface area contributed by atoms with E-state index in [0.717, 1.165) is 25.9 Å². The summed E-state index contributed by atoms with van der Waals surface area (Å²) in [6.07, 6.45) is 3.03. The second-order valence-electron chi connectivity index (χ2n) is 6.35. The van der Waals surface area contributed by atoms with Gasteiger partial charge in [-0.15, -0.1) is 0 Å². The lowest BCUT2D eigenvalue weighted by Gasteiger charge is -2.34. The van der Waals surface area contributed by atoms with Gasteiger partial charge in [0, 0.05) is 20.1 Å². The van der Waals surface area contributed by atoms with Gasteiger partial charge in [-0.05, 0) is 12.3 Å². The molecule has 20 heavy (non-hydrogen) atoms. The number of rotatable bonds is 6. The van der Waals surface area contributed by atoms with Gasteiger partial charge in [-0.1, -0.05) is 27.2 Å². The van der Waals surface area contributed by atoms with Crippen LogP contribution in [0.2, 0.25) is 0 Å². The molecule has 2 heterocycles. The minimum atomic E-state index is -0.324. The summed E-state index contributed by atoms with van der Waals surface area (Å²) in [5, 5.41) is 3.49. The van der Waals surface area contributed by atoms with Crippen LogP contribution < -0.4 is 5.32 Å². The minimum absolute atomic E-state index is 0.0669. The second-order valence-corrected chi connectivity index (χ2v) is 6.35. The van der Waals surface area contributed by atoms with Crippen molar-refractivity contribution in [1.29, 1.82) is 0 Å². The molecule has 0 bridgehead atoms. The summed E-state index contributed by atoms with van der Waals surface area (Å²) in [5.74, 6) is 0.520. The van der Waals surface area contributed by atoms with E-state index < -0.39 is 0 Å². The fourth-order valence-corrected chi connectivity index (χ4v) is 3.13. The van der Waals surface area contributed by atoms with E-state index in [-0.39, 0.29) is 23.7 Å². The maximum absolute atomic E-state index is 12.6. The monoisotopic (exact) mass is 284 g/mol. The molecule has 2 aliphatic heterocycles. The van der Waals surface area contributed by atoms with E-state index in [4.69, 9.17) is 9.47 Å². The maximum Gasteiger partial charge on any atom is 0.241 e. The highest BCUT2D eigenvalue weighted by molar-refractivity contribution is 5.84. The molecule has 2 fully saturated rings. The van der Waals surface area contributed by atoms with E-state index in [0.29, 0.717) is 19.1 Å². The smallest absolute Gasteiger partial charge is 0.241 e. The van der Waals surface area contributed by atoms with Crippen LogP contribution in [0.5, 0.6) is 0 Å². The van der Waals surface area contributed by atoms with Crippen LogP contribution in [0.4, 0.5) is 0 Å². The van der Waals surface area contributed by atoms with Gasteiger partial charge in [-0.2, -0.15) is 0 Å². The van der Waals surface area contributed by atoms with Gasteiger partial charge in [-0.25, -0.2) is 0 Å². The summed E-state index contributed by atoms with van der Waals surface area (Å²) in [6, 6.07) is -0.0669. The van der Waals surface area contributed by atoms with E-state index in [9.17, 15) is 4.79 Å². The number of nitrogens with zero attached hydrogens (tertiary/aromatic N) is 1. The van der Waals surface area contributed by atoms with Crippen LogP contribution in [-0.4, -0.2) is 55.5 Å². The van der Waals surface area contributed by atoms with Crippen LogP contribution in [0.25, 0.3) is 0 Å². The molecule has 0 saturated carbocycles. The molecule has 116 valence electrons. The van der Waals surface area contributed by atoms with Crippen LogP contribution in [0.15, 0.2) is 0 Å². The van der Waals surface area contributed by atoms with Crippen molar-refractivity contribution < 1.29 is 14.3 Å². The fourth-order valence-electron chi connectivity index (χ4n) is 3.13. The average Bonchev–Trinajstić information content (AvgIpc) is 2.99. The van der Waals surface area contributed by atoms with Gasteiger partial charge in [0.25, 0.3) is 0 Å². The number of carbonyl (C=O) groups excluding carboxylic acids is 1. The quantitative estimate of drug-likeness (QED) is 0.800. The molecule has 1 N–H and O–H groups in total. The Morgan fingerprint density at radius 3 is 2.80 bits per heavy atom. The molecule has 0 aromatic carbocycles. The number of hydrogen-bond donors (Lipinski definition) is 1. The highest BCUT2D eigenvalue weighted by Crippen LogP contribution is 2.28. The zero-order chi connectivity index (χ0) is 14.8. The zero-order valence-electron chi connectivity index (χ0n) is 13.1. The van der Waals surface area contributed by atoms with E-state index in [2.05, 4.69) is 26.1 Å². The van der Waals surface area contributed by atoms with Crippen molar-refractivity contribution in [2.45, 2.75) is 57.8 Å². The summed E-state index contributed by atoms with van der Waals surface area (Å²) in [4.78, 5) is 14.6. The van der Waals surface area contributed by atoms with Gasteiger partial charge >= 0.3 is 0 Å². The Morgan fingerprint density at radius 1 is 1.55 bits per heavy atom. The first-order valence-corrected chi connectivity index (χ1v) is 7.72. The van der Waals surface area contributed by atoms with Crippen molar-refractivity contribution >= 4 is 5.91 Å². The lowest BCUT2D eigenvalue weighted by molar-refractivity contribution is -0.135. The molecule has 0 aromatic rings. The number of hydrogen-bond acceptors (Lipinski definition) is 4. The van der Waals surface area contributed by atoms with Crippen LogP contribution in [0.1, 0.15) is 40.0 Å². The molecule has 0 aromatic heterocycles. The van der Waals surface area contributed by atoms with Crippen molar-refractivity contribution in [3.05, 3.63) is 0 Å². The van der Waals surface area contributed by atoms with E-state index in [1.807, 2.05) is 4.90 Å². The molecule has 2 aliphatic rings. The molecule has 0 spiro atoms. The van der Waals surface area contributed by atoms with Gasteiger partial charge in [0.05, 0.1) is 25.4 Å². The topological polar surface area (TPSA) is 50.8 Å². The Morgan fingerprint density at radius 2 is 2.30 bits per heavy atom. The van der Waals surface area contributed by atoms with E-state index >= 15 is 0 Å². The summed E-state index contributed by atoms with van der Waals surface area (Å²) in [7, 11) is 1.72. The third-order valence-corrected chi connectivity index (χ3v) is 4.48. The Kier molecular flexibility index (Phi) is 5.04. The highest BCUT2D eigenvalue weighted by Gasteiger charge is 2.45. The number of amides is 1. The lowest BCUT2D eigenvalue weighted by atomic mass is 10.0. The first-order chi connectivity index (χ1) is 9.53. The van der Waals surface area contributed by atoms with Crippen LogP contribution in [0, 0.1) is 5.92 Å². The molecule has 2 rings (SSSR count). The number of ether oxygens (including phenoxy) is 2. The Balaban J connectivity index is 2.11. The molecule has 5 heteroatoms. The summed E-state index contributed by atoms with van der Waals surface area (Å²) >= 11 is 0. The predicted octanol–water partition coefficient (Wildman–Crippen LogP) is 1.37. The van der Waals surface area contributed by atoms with Gasteiger partial charge in [0.1, 0.15) is 5.60 Å². The third-order valence-electron chi connectivity index (χ3n) is 4.48. The van der Waals surface area contributed by atoms with Crippen molar-refractivity contribution in [3.63, 3.8) is 0 Å². The van der Waals surface area contributed by atoms with Crippen molar-refractivity contribution in [2.24, 2.45) is 5.92 Å². The molecule has 5 nitrogen and oxygen atoms in total. The third kappa shape index (κ3) is 3.00. The number of methoxy groups -OCH3 is 1. The Bertz CT molecular complexity index is 340. The predicted molar refractivity (Wildman–Crippen MR) is 77.3 cm³/mol. The largest absolute Gasteiger partial charge is 0.378 e. The second kappa shape index (κ2) is 6.41. The van der Waals surface area contributed by atoms with Crippen LogP contribution in [0.3, 0.4) is 0 Å². The summed E-state index contributed by atoms with van der Waals surface area (Å²) in [5.41, 5.74) is -0.324. The molecule has 3 unspecified atom stereocenters. The van der Waals surface area contributed by atoms with Gasteiger partial charge in [0.15, 0.2) is 0 Å².